The molecule has 0 aliphatic carbocycles. The SMILES string of the molecule is CONC(=O)c1ccc(NC(=O)c2cccs2)cc1. The van der Waals surface area contributed by atoms with Crippen molar-refractivity contribution in [1.29, 1.82) is 0 Å². The van der Waals surface area contributed by atoms with Crippen LogP contribution in [-0.4, -0.2) is 18.9 Å². The van der Waals surface area contributed by atoms with Crippen LogP contribution in [0.4, 0.5) is 5.69 Å². The molecule has 1 heterocycles. The third-order valence-corrected chi connectivity index (χ3v) is 3.21. The summed E-state index contributed by atoms with van der Waals surface area (Å²) < 4.78 is 0. The molecule has 2 amide bonds. The highest BCUT2D eigenvalue weighted by Gasteiger charge is 2.08. The van der Waals surface area contributed by atoms with Gasteiger partial charge < -0.3 is 5.32 Å². The second-order valence-electron chi connectivity index (χ2n) is 3.64. The number of hydroxylamine groups is 1. The van der Waals surface area contributed by atoms with Gasteiger partial charge in [-0.3, -0.25) is 14.4 Å². The number of carbonyl (C=O) groups excluding carboxylic acids is 2. The number of thiophene rings is 1. The molecule has 2 N–H and O–H groups in total. The van der Waals surface area contributed by atoms with Crippen molar-refractivity contribution in [3.63, 3.8) is 0 Å². The minimum atomic E-state index is -0.335. The van der Waals surface area contributed by atoms with Crippen LogP contribution in [0.25, 0.3) is 0 Å². The first-order valence-corrected chi connectivity index (χ1v) is 6.37. The van der Waals surface area contributed by atoms with Crippen LogP contribution in [-0.2, 0) is 4.84 Å². The van der Waals surface area contributed by atoms with Gasteiger partial charge >= 0.3 is 0 Å². The van der Waals surface area contributed by atoms with Gasteiger partial charge in [0, 0.05) is 11.3 Å². The monoisotopic (exact) mass is 276 g/mol. The molecule has 0 aliphatic rings. The molecule has 0 atom stereocenters. The second-order valence-corrected chi connectivity index (χ2v) is 4.59. The molecule has 5 nitrogen and oxygen atoms in total. The fourth-order valence-electron chi connectivity index (χ4n) is 1.46. The lowest BCUT2D eigenvalue weighted by Gasteiger charge is -2.05. The van der Waals surface area contributed by atoms with Crippen molar-refractivity contribution in [1.82, 2.24) is 5.48 Å². The summed E-state index contributed by atoms with van der Waals surface area (Å²) in [5, 5.41) is 4.59. The molecule has 0 radical (unpaired) electrons. The van der Waals surface area contributed by atoms with Crippen LogP contribution < -0.4 is 10.8 Å². The van der Waals surface area contributed by atoms with E-state index in [1.54, 1.807) is 30.3 Å². The molecule has 0 aliphatic heterocycles. The summed E-state index contributed by atoms with van der Waals surface area (Å²) in [5.74, 6) is -0.497. The van der Waals surface area contributed by atoms with Crippen LogP contribution in [0.2, 0.25) is 0 Å². The molecule has 0 unspecified atom stereocenters. The van der Waals surface area contributed by atoms with Crippen LogP contribution >= 0.6 is 11.3 Å². The Kier molecular flexibility index (Phi) is 4.27. The van der Waals surface area contributed by atoms with Crippen molar-refractivity contribution in [2.75, 3.05) is 12.4 Å². The quantitative estimate of drug-likeness (QED) is 0.842. The van der Waals surface area contributed by atoms with Crippen molar-refractivity contribution in [3.8, 4) is 0 Å². The van der Waals surface area contributed by atoms with Crippen LogP contribution in [0.1, 0.15) is 20.0 Å². The number of anilines is 1. The summed E-state index contributed by atoms with van der Waals surface area (Å²) >= 11 is 1.37. The standard InChI is InChI=1S/C13H12N2O3S/c1-18-15-12(16)9-4-6-10(7-5-9)14-13(17)11-3-2-8-19-11/h2-8H,1H3,(H,14,17)(H,15,16). The summed E-state index contributed by atoms with van der Waals surface area (Å²) in [6.07, 6.45) is 0. The molecule has 19 heavy (non-hydrogen) atoms. The number of benzene rings is 1. The molecule has 1 aromatic heterocycles. The van der Waals surface area contributed by atoms with E-state index in [1.807, 2.05) is 11.4 Å². The molecule has 0 saturated carbocycles. The largest absolute Gasteiger partial charge is 0.321 e. The third-order valence-electron chi connectivity index (χ3n) is 2.34. The maximum Gasteiger partial charge on any atom is 0.274 e. The van der Waals surface area contributed by atoms with Gasteiger partial charge in [-0.15, -0.1) is 11.3 Å². The molecule has 2 aromatic rings. The third kappa shape index (κ3) is 3.40. The molecule has 6 heteroatoms. The van der Waals surface area contributed by atoms with Crippen molar-refractivity contribution < 1.29 is 14.4 Å². The van der Waals surface area contributed by atoms with Gasteiger partial charge in [-0.1, -0.05) is 6.07 Å². The summed E-state index contributed by atoms with van der Waals surface area (Å²) in [6.45, 7) is 0. The van der Waals surface area contributed by atoms with Gasteiger partial charge in [0.2, 0.25) is 0 Å². The first-order chi connectivity index (χ1) is 9.20. The van der Waals surface area contributed by atoms with Crippen LogP contribution in [0.15, 0.2) is 41.8 Å². The molecule has 0 spiro atoms. The van der Waals surface area contributed by atoms with Crippen molar-refractivity contribution in [2.24, 2.45) is 0 Å². The average Bonchev–Trinajstić information content (AvgIpc) is 2.94. The Hall–Kier alpha value is -2.18. The first kappa shape index (κ1) is 13.3. The molecular weight excluding hydrogens is 264 g/mol. The van der Waals surface area contributed by atoms with E-state index in [9.17, 15) is 9.59 Å². The highest BCUT2D eigenvalue weighted by Crippen LogP contribution is 2.14. The van der Waals surface area contributed by atoms with Crippen molar-refractivity contribution in [3.05, 3.63) is 52.2 Å². The second kappa shape index (κ2) is 6.12. The normalized spacial score (nSPS) is 9.95. The lowest BCUT2D eigenvalue weighted by molar-refractivity contribution is 0.0537. The van der Waals surface area contributed by atoms with E-state index < -0.39 is 0 Å². The minimum absolute atomic E-state index is 0.163. The smallest absolute Gasteiger partial charge is 0.274 e. The van der Waals surface area contributed by atoms with Gasteiger partial charge in [0.1, 0.15) is 0 Å². The van der Waals surface area contributed by atoms with Crippen LogP contribution in [0.5, 0.6) is 0 Å². The number of amides is 2. The van der Waals surface area contributed by atoms with Crippen LogP contribution in [0, 0.1) is 0 Å². The Morgan fingerprint density at radius 2 is 1.84 bits per heavy atom. The van der Waals surface area contributed by atoms with Gasteiger partial charge in [-0.25, -0.2) is 5.48 Å². The Bertz CT molecular complexity index is 564. The van der Waals surface area contributed by atoms with E-state index >= 15 is 0 Å². The zero-order chi connectivity index (χ0) is 13.7. The first-order valence-electron chi connectivity index (χ1n) is 5.49. The number of carbonyl (C=O) groups is 2. The lowest BCUT2D eigenvalue weighted by atomic mass is 10.2. The van der Waals surface area contributed by atoms with Crippen molar-refractivity contribution >= 4 is 28.8 Å². The summed E-state index contributed by atoms with van der Waals surface area (Å²) in [4.78, 5) is 28.4. The Balaban J connectivity index is 2.03. The fraction of sp³-hybridized carbons (Fsp3) is 0.0769. The maximum absolute atomic E-state index is 11.8. The highest BCUT2D eigenvalue weighted by molar-refractivity contribution is 7.12. The van der Waals surface area contributed by atoms with E-state index in [2.05, 4.69) is 15.6 Å². The zero-order valence-electron chi connectivity index (χ0n) is 10.2. The van der Waals surface area contributed by atoms with Gasteiger partial charge in [-0.05, 0) is 35.7 Å². The van der Waals surface area contributed by atoms with E-state index in [-0.39, 0.29) is 11.8 Å². The number of hydrogen-bond acceptors (Lipinski definition) is 4. The molecule has 0 bridgehead atoms. The van der Waals surface area contributed by atoms with E-state index in [4.69, 9.17) is 0 Å². The van der Waals surface area contributed by atoms with Gasteiger partial charge in [0.25, 0.3) is 11.8 Å². The highest BCUT2D eigenvalue weighted by atomic mass is 32.1. The number of hydrogen-bond donors (Lipinski definition) is 2. The lowest BCUT2D eigenvalue weighted by Crippen LogP contribution is -2.21. The van der Waals surface area contributed by atoms with Crippen LogP contribution in [0.3, 0.4) is 0 Å². The fourth-order valence-corrected chi connectivity index (χ4v) is 2.08. The molecule has 2 rings (SSSR count). The predicted octanol–water partition coefficient (Wildman–Crippen LogP) is 2.29. The molecule has 0 saturated heterocycles. The van der Waals surface area contributed by atoms with E-state index in [0.29, 0.717) is 16.1 Å². The van der Waals surface area contributed by atoms with E-state index in [1.165, 1.54) is 18.4 Å². The Labute approximate surface area is 114 Å². The van der Waals surface area contributed by atoms with Gasteiger partial charge in [0.05, 0.1) is 12.0 Å². The molecule has 98 valence electrons. The number of rotatable bonds is 4. The van der Waals surface area contributed by atoms with Crippen molar-refractivity contribution in [2.45, 2.75) is 0 Å². The van der Waals surface area contributed by atoms with Gasteiger partial charge in [0.15, 0.2) is 0 Å². The Morgan fingerprint density at radius 3 is 2.42 bits per heavy atom. The zero-order valence-corrected chi connectivity index (χ0v) is 11.0. The molecular formula is C13H12N2O3S. The summed E-state index contributed by atoms with van der Waals surface area (Å²) in [7, 11) is 1.37. The molecule has 0 fully saturated rings. The summed E-state index contributed by atoms with van der Waals surface area (Å²) in [5.41, 5.74) is 3.31. The average molecular weight is 276 g/mol. The Morgan fingerprint density at radius 1 is 1.11 bits per heavy atom. The molecule has 1 aromatic carbocycles. The van der Waals surface area contributed by atoms with E-state index in [0.717, 1.165) is 0 Å². The maximum atomic E-state index is 11.8. The summed E-state index contributed by atoms with van der Waals surface area (Å²) in [6, 6.07) is 10.1. The topological polar surface area (TPSA) is 67.4 Å². The van der Waals surface area contributed by atoms with Gasteiger partial charge in [-0.2, -0.15) is 0 Å². The minimum Gasteiger partial charge on any atom is -0.321 e. The number of nitrogens with one attached hydrogen (secondary N) is 2. The predicted molar refractivity (Wildman–Crippen MR) is 73.2 cm³/mol.